The van der Waals surface area contributed by atoms with Crippen molar-refractivity contribution in [3.63, 3.8) is 0 Å². The zero-order valence-corrected chi connectivity index (χ0v) is 27.2. The van der Waals surface area contributed by atoms with Crippen molar-refractivity contribution in [1.82, 2.24) is 30.9 Å². The number of nitrogens with zero attached hydrogens (tertiary/aromatic N) is 2. The summed E-state index contributed by atoms with van der Waals surface area (Å²) in [5, 5.41) is 35.1. The number of carbonyl (C=O) groups is 6. The van der Waals surface area contributed by atoms with Crippen molar-refractivity contribution in [2.24, 2.45) is 0 Å². The van der Waals surface area contributed by atoms with Crippen LogP contribution >= 0.6 is 0 Å². The van der Waals surface area contributed by atoms with E-state index in [9.17, 15) is 43.8 Å². The third-order valence-electron chi connectivity index (χ3n) is 7.75. The Morgan fingerprint density at radius 1 is 0.940 bits per heavy atom. The van der Waals surface area contributed by atoms with Gasteiger partial charge in [-0.15, -0.1) is 0 Å². The molecule has 0 radical (unpaired) electrons. The van der Waals surface area contributed by atoms with Crippen molar-refractivity contribution in [3.05, 3.63) is 51.7 Å². The molecule has 0 aliphatic heterocycles. The van der Waals surface area contributed by atoms with Crippen molar-refractivity contribution >= 4 is 58.3 Å². The standard InChI is InChI=1S/C31H39FN8O10/c1-15(3-10-24(43)44)35-22(41)8-6-20(29(47)48)36-23(42)9-7-21(30(49)50)37-27(45)18-5-4-17(13-19(18)32)40(2)12-11-16-14-34-26-25(16)28(46)39-31(33)38-26/h4-5,13-15,20-21H,3,6-12H2,1-2H3,(H,35,41)(H,36,42)(H,37,45)(H,43,44)(H,47,48)(H,49,50)(H4,33,34,38,39,46)/t15?,20-,21-/m0/s1. The van der Waals surface area contributed by atoms with Crippen LogP contribution in [0.25, 0.3) is 11.0 Å². The first kappa shape index (κ1) is 38.4. The predicted molar refractivity (Wildman–Crippen MR) is 176 cm³/mol. The normalized spacial score (nSPS) is 12.8. The van der Waals surface area contributed by atoms with Crippen LogP contribution in [-0.4, -0.2) is 97.6 Å². The van der Waals surface area contributed by atoms with Gasteiger partial charge in [0.15, 0.2) is 0 Å². The van der Waals surface area contributed by atoms with E-state index >= 15 is 4.39 Å². The number of benzene rings is 1. The molecule has 2 heterocycles. The van der Waals surface area contributed by atoms with E-state index in [2.05, 4.69) is 30.9 Å². The van der Waals surface area contributed by atoms with Gasteiger partial charge < -0.3 is 46.9 Å². The number of carboxylic acid groups (broad SMARTS) is 3. The first-order valence-corrected chi connectivity index (χ1v) is 15.5. The van der Waals surface area contributed by atoms with Gasteiger partial charge in [0.1, 0.15) is 23.5 Å². The van der Waals surface area contributed by atoms with Crippen LogP contribution in [0.4, 0.5) is 16.0 Å². The second kappa shape index (κ2) is 17.4. The van der Waals surface area contributed by atoms with Gasteiger partial charge in [-0.25, -0.2) is 14.0 Å². The molecule has 3 atom stereocenters. The average Bonchev–Trinajstić information content (AvgIpc) is 3.45. The lowest BCUT2D eigenvalue weighted by Gasteiger charge is -2.20. The van der Waals surface area contributed by atoms with E-state index in [1.807, 2.05) is 0 Å². The molecule has 2 aromatic heterocycles. The molecular formula is C31H39FN8O10. The maximum Gasteiger partial charge on any atom is 0.326 e. The Hall–Kier alpha value is -6.01. The molecule has 3 aromatic rings. The molecule has 0 aliphatic rings. The number of hydrogen-bond acceptors (Lipinski definition) is 10. The number of H-pyrrole nitrogens is 2. The molecule has 1 unspecified atom stereocenters. The largest absolute Gasteiger partial charge is 0.481 e. The number of likely N-dealkylation sites (N-methyl/N-ethyl adjacent to an activating group) is 1. The summed E-state index contributed by atoms with van der Waals surface area (Å²) in [4.78, 5) is 94.9. The van der Waals surface area contributed by atoms with Crippen molar-refractivity contribution in [2.45, 2.75) is 70.0 Å². The number of rotatable bonds is 19. The molecule has 0 fully saturated rings. The monoisotopic (exact) mass is 702 g/mol. The molecule has 270 valence electrons. The second-order valence-corrected chi connectivity index (χ2v) is 11.6. The summed E-state index contributed by atoms with van der Waals surface area (Å²) in [6.07, 6.45) is 0.448. The highest BCUT2D eigenvalue weighted by Crippen LogP contribution is 2.20. The average molecular weight is 703 g/mol. The van der Waals surface area contributed by atoms with Crippen molar-refractivity contribution in [3.8, 4) is 0 Å². The lowest BCUT2D eigenvalue weighted by molar-refractivity contribution is -0.143. The number of anilines is 2. The highest BCUT2D eigenvalue weighted by molar-refractivity contribution is 5.97. The first-order chi connectivity index (χ1) is 23.5. The number of aromatic amines is 2. The molecule has 3 rings (SSSR count). The Balaban J connectivity index is 1.52. The van der Waals surface area contributed by atoms with Gasteiger partial charge in [-0.3, -0.25) is 29.0 Å². The Morgan fingerprint density at radius 3 is 2.16 bits per heavy atom. The zero-order chi connectivity index (χ0) is 37.1. The van der Waals surface area contributed by atoms with Gasteiger partial charge in [0.05, 0.1) is 10.9 Å². The molecule has 50 heavy (non-hydrogen) atoms. The highest BCUT2D eigenvalue weighted by Gasteiger charge is 2.26. The smallest absolute Gasteiger partial charge is 0.326 e. The molecular weight excluding hydrogens is 663 g/mol. The van der Waals surface area contributed by atoms with Gasteiger partial charge in [0.2, 0.25) is 17.8 Å². The molecule has 18 nitrogen and oxygen atoms in total. The maximum atomic E-state index is 15.1. The fourth-order valence-electron chi connectivity index (χ4n) is 4.99. The molecule has 0 saturated heterocycles. The van der Waals surface area contributed by atoms with E-state index in [0.29, 0.717) is 35.2 Å². The van der Waals surface area contributed by atoms with E-state index in [4.69, 9.17) is 10.8 Å². The van der Waals surface area contributed by atoms with Crippen LogP contribution < -0.4 is 32.1 Å². The molecule has 0 bridgehead atoms. The minimum Gasteiger partial charge on any atom is -0.481 e. The number of aromatic nitrogens is 3. The van der Waals surface area contributed by atoms with Gasteiger partial charge in [-0.05, 0) is 56.4 Å². The Morgan fingerprint density at radius 2 is 1.56 bits per heavy atom. The summed E-state index contributed by atoms with van der Waals surface area (Å²) < 4.78 is 15.1. The molecule has 3 amide bonds. The van der Waals surface area contributed by atoms with Gasteiger partial charge in [0.25, 0.3) is 11.5 Å². The highest BCUT2D eigenvalue weighted by atomic mass is 19.1. The maximum absolute atomic E-state index is 15.1. The van der Waals surface area contributed by atoms with Gasteiger partial charge in [0, 0.05) is 50.8 Å². The van der Waals surface area contributed by atoms with E-state index in [1.165, 1.54) is 12.1 Å². The van der Waals surface area contributed by atoms with E-state index in [0.717, 1.165) is 6.07 Å². The summed E-state index contributed by atoms with van der Waals surface area (Å²) >= 11 is 0. The van der Waals surface area contributed by atoms with Crippen molar-refractivity contribution < 1.29 is 48.5 Å². The fourth-order valence-corrected chi connectivity index (χ4v) is 4.99. The van der Waals surface area contributed by atoms with Crippen LogP contribution in [0.1, 0.15) is 61.4 Å². The van der Waals surface area contributed by atoms with Crippen LogP contribution in [0.5, 0.6) is 0 Å². The van der Waals surface area contributed by atoms with Gasteiger partial charge in [-0.2, -0.15) is 4.98 Å². The SMILES string of the molecule is CC(CCC(=O)O)NC(=O)CC[C@H](NC(=O)CC[C@H](NC(=O)c1ccc(N(C)CCc2c[nH]c3nc(N)[nH]c(=O)c23)cc1F)C(=O)O)C(=O)O. The second-order valence-electron chi connectivity index (χ2n) is 11.6. The van der Waals surface area contributed by atoms with Gasteiger partial charge in [-0.1, -0.05) is 0 Å². The van der Waals surface area contributed by atoms with Crippen LogP contribution in [0.3, 0.4) is 0 Å². The van der Waals surface area contributed by atoms with Gasteiger partial charge >= 0.3 is 17.9 Å². The molecule has 0 aliphatic carbocycles. The lowest BCUT2D eigenvalue weighted by Crippen LogP contribution is -2.44. The zero-order valence-electron chi connectivity index (χ0n) is 27.2. The number of amides is 3. The van der Waals surface area contributed by atoms with Crippen LogP contribution in [0.15, 0.2) is 29.2 Å². The summed E-state index contributed by atoms with van der Waals surface area (Å²) in [6, 6.07) is 0.140. The summed E-state index contributed by atoms with van der Waals surface area (Å²) in [5.74, 6) is -7.41. The summed E-state index contributed by atoms with van der Waals surface area (Å²) in [6.45, 7) is 1.93. The van der Waals surface area contributed by atoms with E-state index in [1.54, 1.807) is 25.1 Å². The molecule has 10 N–H and O–H groups in total. The number of hydrogen-bond donors (Lipinski definition) is 9. The first-order valence-electron chi connectivity index (χ1n) is 15.5. The Kier molecular flexibility index (Phi) is 13.4. The lowest BCUT2D eigenvalue weighted by atomic mass is 10.1. The molecule has 19 heteroatoms. The van der Waals surface area contributed by atoms with Crippen molar-refractivity contribution in [1.29, 1.82) is 0 Å². The van der Waals surface area contributed by atoms with Crippen LogP contribution in [-0.2, 0) is 30.4 Å². The van der Waals surface area contributed by atoms with Crippen molar-refractivity contribution in [2.75, 3.05) is 24.2 Å². The number of fused-ring (bicyclic) bond motifs is 1. The minimum absolute atomic E-state index is 0.0312. The summed E-state index contributed by atoms with van der Waals surface area (Å²) in [7, 11) is 1.67. The topological polar surface area (TPSA) is 290 Å². The third kappa shape index (κ3) is 11.0. The Labute approximate surface area is 283 Å². The predicted octanol–water partition coefficient (Wildman–Crippen LogP) is 0.334. The number of carboxylic acids is 3. The molecule has 0 saturated carbocycles. The fraction of sp³-hybridized carbons (Fsp3) is 0.419. The number of halogens is 1. The van der Waals surface area contributed by atoms with Crippen LogP contribution in [0.2, 0.25) is 0 Å². The van der Waals surface area contributed by atoms with Crippen LogP contribution in [0, 0.1) is 5.82 Å². The quantitative estimate of drug-likeness (QED) is 0.0815. The minimum atomic E-state index is -1.62. The number of nitrogens with two attached hydrogens (primary N) is 1. The van der Waals surface area contributed by atoms with E-state index in [-0.39, 0.29) is 31.6 Å². The third-order valence-corrected chi connectivity index (χ3v) is 7.75. The molecule has 1 aromatic carbocycles. The molecule has 0 spiro atoms. The summed E-state index contributed by atoms with van der Waals surface area (Å²) in [5.41, 5.74) is 6.09. The number of nitrogens with one attached hydrogen (secondary N) is 5. The van der Waals surface area contributed by atoms with E-state index < -0.39 is 83.5 Å². The Bertz CT molecular complexity index is 1810. The number of aliphatic carboxylic acids is 3. The number of carbonyl (C=O) groups excluding carboxylic acids is 3. The number of nitrogen functional groups attached to an aromatic ring is 1.